The lowest BCUT2D eigenvalue weighted by molar-refractivity contribution is 0.0183. The summed E-state index contributed by atoms with van der Waals surface area (Å²) < 4.78 is 5.45. The molecule has 1 fully saturated rings. The van der Waals surface area contributed by atoms with Gasteiger partial charge in [-0.2, -0.15) is 0 Å². The number of rotatable bonds is 3. The Hall–Kier alpha value is -1.69. The van der Waals surface area contributed by atoms with E-state index >= 15 is 0 Å². The lowest BCUT2D eigenvalue weighted by Crippen LogP contribution is -2.49. The molecule has 2 rings (SSSR count). The van der Waals surface area contributed by atoms with Crippen LogP contribution in [0.15, 0.2) is 18.6 Å². The number of amides is 1. The quantitative estimate of drug-likeness (QED) is 0.929. The van der Waals surface area contributed by atoms with E-state index in [4.69, 9.17) is 4.74 Å². The molecular formula is C16H26N4O2. The Kier molecular flexibility index (Phi) is 5.34. The van der Waals surface area contributed by atoms with E-state index in [-0.39, 0.29) is 18.2 Å². The molecule has 1 amide bonds. The molecule has 2 unspecified atom stereocenters. The lowest BCUT2D eigenvalue weighted by atomic mass is 10.0. The fourth-order valence-electron chi connectivity index (χ4n) is 2.58. The molecule has 1 aromatic rings. The zero-order valence-electron chi connectivity index (χ0n) is 13.9. The molecule has 1 N–H and O–H groups in total. The predicted molar refractivity (Wildman–Crippen MR) is 84.4 cm³/mol. The van der Waals surface area contributed by atoms with Gasteiger partial charge in [-0.25, -0.2) is 4.79 Å². The van der Waals surface area contributed by atoms with Crippen LogP contribution >= 0.6 is 0 Å². The first-order chi connectivity index (χ1) is 10.3. The average molecular weight is 306 g/mol. The largest absolute Gasteiger partial charge is 0.444 e. The van der Waals surface area contributed by atoms with E-state index in [0.29, 0.717) is 6.54 Å². The SMILES string of the molecule is CC(NC1CCCN(C(=O)OC(C)(C)C)C1)c1cnccn1. The highest BCUT2D eigenvalue weighted by Gasteiger charge is 2.28. The Morgan fingerprint density at radius 2 is 2.23 bits per heavy atom. The molecule has 0 aliphatic carbocycles. The van der Waals surface area contributed by atoms with E-state index < -0.39 is 5.60 Å². The fourth-order valence-corrected chi connectivity index (χ4v) is 2.58. The van der Waals surface area contributed by atoms with Crippen molar-refractivity contribution < 1.29 is 9.53 Å². The summed E-state index contributed by atoms with van der Waals surface area (Å²) in [6, 6.07) is 0.357. The molecule has 0 spiro atoms. The number of nitrogens with zero attached hydrogens (tertiary/aromatic N) is 3. The van der Waals surface area contributed by atoms with Gasteiger partial charge in [-0.3, -0.25) is 9.97 Å². The summed E-state index contributed by atoms with van der Waals surface area (Å²) in [6.45, 7) is 9.16. The fraction of sp³-hybridized carbons (Fsp3) is 0.688. The van der Waals surface area contributed by atoms with Gasteiger partial charge in [0, 0.05) is 43.8 Å². The smallest absolute Gasteiger partial charge is 0.410 e. The van der Waals surface area contributed by atoms with Crippen molar-refractivity contribution in [3.8, 4) is 0 Å². The van der Waals surface area contributed by atoms with Crippen LogP contribution in [0.3, 0.4) is 0 Å². The number of carbonyl (C=O) groups excluding carboxylic acids is 1. The van der Waals surface area contributed by atoms with E-state index in [0.717, 1.165) is 25.1 Å². The van der Waals surface area contributed by atoms with Crippen LogP contribution in [0.25, 0.3) is 0 Å². The third-order valence-corrected chi connectivity index (χ3v) is 3.59. The van der Waals surface area contributed by atoms with Gasteiger partial charge in [-0.15, -0.1) is 0 Å². The van der Waals surface area contributed by atoms with Crippen LogP contribution in [0.4, 0.5) is 4.79 Å². The molecule has 122 valence electrons. The third-order valence-electron chi connectivity index (χ3n) is 3.59. The third kappa shape index (κ3) is 4.94. The van der Waals surface area contributed by atoms with Crippen molar-refractivity contribution >= 4 is 6.09 Å². The number of hydrogen-bond acceptors (Lipinski definition) is 5. The standard InChI is InChI=1S/C16H26N4O2/c1-12(14-10-17-7-8-18-14)19-13-6-5-9-20(11-13)15(21)22-16(2,3)4/h7-8,10,12-13,19H,5-6,9,11H2,1-4H3. The summed E-state index contributed by atoms with van der Waals surface area (Å²) in [5.41, 5.74) is 0.460. The van der Waals surface area contributed by atoms with E-state index in [2.05, 4.69) is 22.2 Å². The van der Waals surface area contributed by atoms with Crippen LogP contribution in [0.5, 0.6) is 0 Å². The maximum atomic E-state index is 12.2. The predicted octanol–water partition coefficient (Wildman–Crippen LogP) is 2.53. The molecule has 22 heavy (non-hydrogen) atoms. The zero-order valence-corrected chi connectivity index (χ0v) is 13.9. The molecule has 0 bridgehead atoms. The van der Waals surface area contributed by atoms with Crippen molar-refractivity contribution in [2.45, 2.75) is 58.2 Å². The summed E-state index contributed by atoms with van der Waals surface area (Å²) in [6.07, 6.45) is 6.92. The normalized spacial score (nSPS) is 20.5. The molecule has 1 aliphatic rings. The van der Waals surface area contributed by atoms with Crippen molar-refractivity contribution in [3.63, 3.8) is 0 Å². The molecule has 0 aromatic carbocycles. The van der Waals surface area contributed by atoms with Gasteiger partial charge in [-0.05, 0) is 40.5 Å². The number of nitrogens with one attached hydrogen (secondary N) is 1. The number of aromatic nitrogens is 2. The van der Waals surface area contributed by atoms with E-state index in [1.165, 1.54) is 0 Å². The van der Waals surface area contributed by atoms with Gasteiger partial charge in [-0.1, -0.05) is 0 Å². The van der Waals surface area contributed by atoms with Gasteiger partial charge >= 0.3 is 6.09 Å². The van der Waals surface area contributed by atoms with Gasteiger partial charge in [0.25, 0.3) is 0 Å². The summed E-state index contributed by atoms with van der Waals surface area (Å²) >= 11 is 0. The van der Waals surface area contributed by atoms with E-state index in [1.807, 2.05) is 20.8 Å². The number of ether oxygens (including phenoxy) is 1. The molecule has 1 aliphatic heterocycles. The van der Waals surface area contributed by atoms with Crippen LogP contribution in [0.2, 0.25) is 0 Å². The minimum absolute atomic E-state index is 0.109. The number of piperidine rings is 1. The first-order valence-electron chi connectivity index (χ1n) is 7.85. The second kappa shape index (κ2) is 7.05. The highest BCUT2D eigenvalue weighted by atomic mass is 16.6. The second-order valence-electron chi connectivity index (χ2n) is 6.78. The Labute approximate surface area is 132 Å². The van der Waals surface area contributed by atoms with Gasteiger partial charge in [0.1, 0.15) is 5.60 Å². The van der Waals surface area contributed by atoms with Crippen LogP contribution in [0, 0.1) is 0 Å². The Bertz CT molecular complexity index is 487. The van der Waals surface area contributed by atoms with Gasteiger partial charge in [0.2, 0.25) is 0 Å². The number of hydrogen-bond donors (Lipinski definition) is 1. The van der Waals surface area contributed by atoms with E-state index in [9.17, 15) is 4.79 Å². The van der Waals surface area contributed by atoms with Gasteiger partial charge < -0.3 is 15.0 Å². The zero-order chi connectivity index (χ0) is 16.2. The molecule has 1 aromatic heterocycles. The monoisotopic (exact) mass is 306 g/mol. The molecule has 2 atom stereocenters. The molecule has 2 heterocycles. The minimum Gasteiger partial charge on any atom is -0.444 e. The molecule has 6 nitrogen and oxygen atoms in total. The topological polar surface area (TPSA) is 67.4 Å². The molecular weight excluding hydrogens is 280 g/mol. The minimum atomic E-state index is -0.454. The summed E-state index contributed by atoms with van der Waals surface area (Å²) in [5.74, 6) is 0. The first kappa shape index (κ1) is 16.7. The van der Waals surface area contributed by atoms with E-state index in [1.54, 1.807) is 23.5 Å². The van der Waals surface area contributed by atoms with Gasteiger partial charge in [0.05, 0.1) is 5.69 Å². The molecule has 0 saturated carbocycles. The molecule has 0 radical (unpaired) electrons. The van der Waals surface area contributed by atoms with Crippen molar-refractivity contribution in [2.24, 2.45) is 0 Å². The molecule has 1 saturated heterocycles. The average Bonchev–Trinajstić information content (AvgIpc) is 2.46. The van der Waals surface area contributed by atoms with Crippen molar-refractivity contribution in [3.05, 3.63) is 24.3 Å². The highest BCUT2D eigenvalue weighted by Crippen LogP contribution is 2.17. The summed E-state index contributed by atoms with van der Waals surface area (Å²) in [7, 11) is 0. The number of likely N-dealkylation sites (tertiary alicyclic amines) is 1. The maximum Gasteiger partial charge on any atom is 0.410 e. The maximum absolute atomic E-state index is 12.2. The van der Waals surface area contributed by atoms with Crippen LogP contribution in [0.1, 0.15) is 52.3 Å². The lowest BCUT2D eigenvalue weighted by Gasteiger charge is -2.35. The Morgan fingerprint density at radius 3 is 2.86 bits per heavy atom. The number of carbonyl (C=O) groups is 1. The molecule has 6 heteroatoms. The van der Waals surface area contributed by atoms with Crippen LogP contribution in [-0.2, 0) is 4.74 Å². The Morgan fingerprint density at radius 1 is 1.45 bits per heavy atom. The van der Waals surface area contributed by atoms with Crippen molar-refractivity contribution in [2.75, 3.05) is 13.1 Å². The van der Waals surface area contributed by atoms with Crippen LogP contribution in [-0.4, -0.2) is 45.7 Å². The highest BCUT2D eigenvalue weighted by molar-refractivity contribution is 5.68. The second-order valence-corrected chi connectivity index (χ2v) is 6.78. The Balaban J connectivity index is 1.89. The first-order valence-corrected chi connectivity index (χ1v) is 7.85. The van der Waals surface area contributed by atoms with Gasteiger partial charge in [0.15, 0.2) is 0 Å². The summed E-state index contributed by atoms with van der Waals surface area (Å²) in [5, 5.41) is 3.53. The van der Waals surface area contributed by atoms with Crippen molar-refractivity contribution in [1.82, 2.24) is 20.2 Å². The van der Waals surface area contributed by atoms with Crippen LogP contribution < -0.4 is 5.32 Å². The van der Waals surface area contributed by atoms with Crippen molar-refractivity contribution in [1.29, 1.82) is 0 Å². The summed E-state index contributed by atoms with van der Waals surface area (Å²) in [4.78, 5) is 22.4.